The van der Waals surface area contributed by atoms with Crippen molar-refractivity contribution >= 4 is 26.7 Å². The summed E-state index contributed by atoms with van der Waals surface area (Å²) in [6.07, 6.45) is 4.23. The van der Waals surface area contributed by atoms with Crippen molar-refractivity contribution in [1.29, 1.82) is 0 Å². The number of H-pyrrole nitrogens is 1. The summed E-state index contributed by atoms with van der Waals surface area (Å²) in [4.78, 5) is 16.4. The molecule has 2 heterocycles. The van der Waals surface area contributed by atoms with Gasteiger partial charge in [0.2, 0.25) is 10.0 Å². The number of furan rings is 1. The van der Waals surface area contributed by atoms with E-state index >= 15 is 0 Å². The molecule has 0 bridgehead atoms. The number of carbonyl (C=O) groups is 1. The largest absolute Gasteiger partial charge is 0.469 e. The minimum Gasteiger partial charge on any atom is -0.469 e. The van der Waals surface area contributed by atoms with Gasteiger partial charge in [-0.2, -0.15) is 4.31 Å². The minimum atomic E-state index is -3.69. The van der Waals surface area contributed by atoms with Crippen molar-refractivity contribution in [2.45, 2.75) is 64.3 Å². The molecule has 0 saturated heterocycles. The minimum absolute atomic E-state index is 0.0987. The molecule has 0 fully saturated rings. The number of aromatic nitrogens is 1. The van der Waals surface area contributed by atoms with Gasteiger partial charge in [-0.15, -0.1) is 0 Å². The van der Waals surface area contributed by atoms with Gasteiger partial charge in [-0.1, -0.05) is 13.8 Å². The third-order valence-electron chi connectivity index (χ3n) is 6.41. The molecule has 31 heavy (non-hydrogen) atoms. The van der Waals surface area contributed by atoms with Gasteiger partial charge in [0.25, 0.3) is 0 Å². The van der Waals surface area contributed by atoms with E-state index in [0.29, 0.717) is 30.3 Å². The van der Waals surface area contributed by atoms with Crippen molar-refractivity contribution < 1.29 is 17.6 Å². The fourth-order valence-corrected chi connectivity index (χ4v) is 6.18. The second-order valence-electron chi connectivity index (χ2n) is 9.57. The van der Waals surface area contributed by atoms with E-state index in [1.807, 2.05) is 25.1 Å². The average Bonchev–Trinajstić information content (AvgIpc) is 3.30. The number of benzene rings is 1. The van der Waals surface area contributed by atoms with Crippen molar-refractivity contribution in [2.24, 2.45) is 5.41 Å². The molecule has 1 unspecified atom stereocenters. The molecule has 1 aromatic carbocycles. The molecule has 0 spiro atoms. The number of hydrogen-bond acceptors (Lipinski definition) is 4. The van der Waals surface area contributed by atoms with Gasteiger partial charge < -0.3 is 9.40 Å². The highest BCUT2D eigenvalue weighted by Gasteiger charge is 2.34. The lowest BCUT2D eigenvalue weighted by molar-refractivity contribution is 0.0913. The zero-order valence-electron chi connectivity index (χ0n) is 18.8. The summed E-state index contributed by atoms with van der Waals surface area (Å²) in [5.41, 5.74) is 2.89. The predicted molar refractivity (Wildman–Crippen MR) is 121 cm³/mol. The molecule has 7 heteroatoms. The Bertz CT molecular complexity index is 1240. The second kappa shape index (κ2) is 7.64. The van der Waals surface area contributed by atoms with Gasteiger partial charge >= 0.3 is 0 Å². The van der Waals surface area contributed by atoms with Crippen molar-refractivity contribution in [3.8, 4) is 0 Å². The van der Waals surface area contributed by atoms with Crippen LogP contribution in [0.25, 0.3) is 10.9 Å². The first-order valence-corrected chi connectivity index (χ1v) is 12.1. The van der Waals surface area contributed by atoms with E-state index in [0.717, 1.165) is 28.8 Å². The van der Waals surface area contributed by atoms with Crippen LogP contribution in [0.2, 0.25) is 0 Å². The molecule has 0 amide bonds. The van der Waals surface area contributed by atoms with Gasteiger partial charge in [-0.25, -0.2) is 8.42 Å². The van der Waals surface area contributed by atoms with E-state index in [1.165, 1.54) is 4.31 Å². The van der Waals surface area contributed by atoms with Crippen molar-refractivity contribution in [1.82, 2.24) is 9.29 Å². The van der Waals surface area contributed by atoms with E-state index < -0.39 is 10.0 Å². The van der Waals surface area contributed by atoms with Gasteiger partial charge in [0.05, 0.1) is 11.2 Å². The average molecular weight is 443 g/mol. The first kappa shape index (κ1) is 21.8. The third-order valence-corrected chi connectivity index (χ3v) is 8.53. The molecule has 1 N–H and O–H groups in total. The Morgan fingerprint density at radius 1 is 1.26 bits per heavy atom. The molecule has 0 radical (unpaired) electrons. The maximum atomic E-state index is 13.4. The smallest absolute Gasteiger partial charge is 0.243 e. The quantitative estimate of drug-likeness (QED) is 0.590. The van der Waals surface area contributed by atoms with Crippen LogP contribution in [0.3, 0.4) is 0 Å². The maximum Gasteiger partial charge on any atom is 0.243 e. The molecule has 1 aliphatic carbocycles. The van der Waals surface area contributed by atoms with Gasteiger partial charge in [-0.05, 0) is 61.9 Å². The molecule has 6 nitrogen and oxygen atoms in total. The first-order chi connectivity index (χ1) is 14.5. The number of rotatable bonds is 6. The highest BCUT2D eigenvalue weighted by molar-refractivity contribution is 7.89. The fourth-order valence-electron chi connectivity index (χ4n) is 4.56. The van der Waals surface area contributed by atoms with E-state index in [4.69, 9.17) is 4.42 Å². The van der Waals surface area contributed by atoms with Crippen LogP contribution in [0.1, 0.15) is 61.0 Å². The molecule has 0 aliphatic heterocycles. The van der Waals surface area contributed by atoms with Gasteiger partial charge in [-0.3, -0.25) is 4.79 Å². The normalized spacial score (nSPS) is 17.3. The van der Waals surface area contributed by atoms with Crippen LogP contribution in [0.5, 0.6) is 0 Å². The molecule has 0 saturated carbocycles. The van der Waals surface area contributed by atoms with E-state index in [9.17, 15) is 13.2 Å². The first-order valence-electron chi connectivity index (χ1n) is 10.7. The molecule has 3 aromatic rings. The predicted octanol–water partition coefficient (Wildman–Crippen LogP) is 4.87. The molecule has 2 aromatic heterocycles. The highest BCUT2D eigenvalue weighted by atomic mass is 32.2. The van der Waals surface area contributed by atoms with E-state index in [-0.39, 0.29) is 22.1 Å². The number of nitrogens with zero attached hydrogens (tertiary/aromatic N) is 1. The Morgan fingerprint density at radius 3 is 2.68 bits per heavy atom. The number of nitrogens with one attached hydrogen (secondary N) is 1. The maximum absolute atomic E-state index is 13.4. The summed E-state index contributed by atoms with van der Waals surface area (Å²) in [6.45, 7) is 7.87. The number of hydrogen-bond donors (Lipinski definition) is 1. The van der Waals surface area contributed by atoms with Crippen LogP contribution in [0, 0.1) is 12.3 Å². The number of aryl methyl sites for hydroxylation is 2. The standard InChI is InChI=1S/C24H30N2O4S/c1-15-11-18-19(25-20-13-24(3,4)14-21(27)23(18)20)12-22(15)31(28,29)26(5)16(2)8-9-17-7-6-10-30-17/h6-7,10-12,16,25H,8-9,13-14H2,1-5H3. The van der Waals surface area contributed by atoms with Crippen LogP contribution >= 0.6 is 0 Å². The van der Waals surface area contributed by atoms with Crippen LogP contribution in [0.4, 0.5) is 0 Å². The Labute approximate surface area is 183 Å². The van der Waals surface area contributed by atoms with Crippen LogP contribution < -0.4 is 0 Å². The van der Waals surface area contributed by atoms with Crippen LogP contribution in [-0.4, -0.2) is 36.6 Å². The lowest BCUT2D eigenvalue weighted by atomic mass is 9.76. The number of aromatic amines is 1. The summed E-state index contributed by atoms with van der Waals surface area (Å²) in [5, 5.41) is 0.820. The lowest BCUT2D eigenvalue weighted by Gasteiger charge is -2.28. The highest BCUT2D eigenvalue weighted by Crippen LogP contribution is 2.39. The number of Topliss-reactive ketones (excluding diaryl/α,β-unsaturated/α-hetero) is 1. The summed E-state index contributed by atoms with van der Waals surface area (Å²) in [5.74, 6) is 0.968. The molecular formula is C24H30N2O4S. The summed E-state index contributed by atoms with van der Waals surface area (Å²) in [6, 6.07) is 7.07. The second-order valence-corrected chi connectivity index (χ2v) is 11.5. The Hall–Kier alpha value is -2.38. The summed E-state index contributed by atoms with van der Waals surface area (Å²) < 4.78 is 33.7. The topological polar surface area (TPSA) is 83.4 Å². The fraction of sp³-hybridized carbons (Fsp3) is 0.458. The zero-order chi connectivity index (χ0) is 22.6. The van der Waals surface area contributed by atoms with E-state index in [2.05, 4.69) is 18.8 Å². The van der Waals surface area contributed by atoms with Crippen molar-refractivity contribution in [3.63, 3.8) is 0 Å². The van der Waals surface area contributed by atoms with Crippen molar-refractivity contribution in [2.75, 3.05) is 7.05 Å². The molecule has 166 valence electrons. The number of fused-ring (bicyclic) bond motifs is 3. The molecular weight excluding hydrogens is 412 g/mol. The molecule has 1 atom stereocenters. The number of ketones is 1. The summed E-state index contributed by atoms with van der Waals surface area (Å²) in [7, 11) is -2.07. The van der Waals surface area contributed by atoms with Crippen LogP contribution in [0.15, 0.2) is 39.8 Å². The Morgan fingerprint density at radius 2 is 2.00 bits per heavy atom. The summed E-state index contributed by atoms with van der Waals surface area (Å²) >= 11 is 0. The monoisotopic (exact) mass is 442 g/mol. The van der Waals surface area contributed by atoms with Crippen LogP contribution in [-0.2, 0) is 22.9 Å². The zero-order valence-corrected chi connectivity index (χ0v) is 19.6. The number of carbonyl (C=O) groups excluding carboxylic acids is 1. The number of sulfonamides is 1. The van der Waals surface area contributed by atoms with Gasteiger partial charge in [0, 0.05) is 48.1 Å². The molecule has 4 rings (SSSR count). The SMILES string of the molecule is Cc1cc2c3c([nH]c2cc1S(=O)(=O)N(C)C(C)CCc1ccco1)CC(C)(C)CC3=O. The van der Waals surface area contributed by atoms with Gasteiger partial charge in [0.15, 0.2) is 5.78 Å². The lowest BCUT2D eigenvalue weighted by Crippen LogP contribution is -2.35. The Kier molecular flexibility index (Phi) is 5.38. The molecule has 1 aliphatic rings. The third kappa shape index (κ3) is 3.96. The Balaban J connectivity index is 1.66. The van der Waals surface area contributed by atoms with E-state index in [1.54, 1.807) is 26.3 Å². The van der Waals surface area contributed by atoms with Gasteiger partial charge in [0.1, 0.15) is 5.76 Å². The van der Waals surface area contributed by atoms with Crippen molar-refractivity contribution in [3.05, 3.63) is 53.1 Å².